The lowest BCUT2D eigenvalue weighted by Gasteiger charge is -2.13. The molecule has 0 aliphatic rings. The Labute approximate surface area is 315 Å². The van der Waals surface area contributed by atoms with Crippen molar-refractivity contribution in [2.24, 2.45) is 0 Å². The first-order valence-corrected chi connectivity index (χ1v) is 20.3. The van der Waals surface area contributed by atoms with E-state index in [1.54, 1.807) is 6.07 Å². The molecule has 2 aromatic carbocycles. The van der Waals surface area contributed by atoms with E-state index in [4.69, 9.17) is 68.4 Å². The highest BCUT2D eigenvalue weighted by Gasteiger charge is 2.43. The fourth-order valence-corrected chi connectivity index (χ4v) is 5.52. The Hall–Kier alpha value is -2.42. The molecule has 0 aliphatic carbocycles. The maximum atomic E-state index is 12.7. The standard InChI is InChI=1S/C12H4Cl2F6N4OS.C11H5Cl2F3N4.CH4.I2/c13-5-1-4(11(15,16)17)2-6(14)8(5)24-10(22)9(7(3-21)23-24)26(25)12(18,19)20;12-7-1-5(11(14,15)16)2-8(13)10(7)20-9(18)3-6(4-17)19-20;;1-2/h1-2H,22H2;1-3H,18H2;1H4;. The third kappa shape index (κ3) is 10.3. The number of rotatable bonds is 3. The summed E-state index contributed by atoms with van der Waals surface area (Å²) >= 11 is 27.4. The van der Waals surface area contributed by atoms with Crippen LogP contribution in [0.15, 0.2) is 35.2 Å². The first kappa shape index (κ1) is 44.6. The fraction of sp³-hybridized carbons (Fsp3) is 0.167. The van der Waals surface area contributed by atoms with E-state index >= 15 is 0 Å². The molecule has 0 saturated carbocycles. The van der Waals surface area contributed by atoms with Gasteiger partial charge in [0.25, 0.3) is 0 Å². The highest BCUT2D eigenvalue weighted by atomic mass is 128. The molecule has 0 aliphatic heterocycles. The van der Waals surface area contributed by atoms with Crippen LogP contribution >= 0.6 is 83.6 Å². The summed E-state index contributed by atoms with van der Waals surface area (Å²) in [4.78, 5) is -1.15. The van der Waals surface area contributed by atoms with Crippen LogP contribution in [0.1, 0.15) is 29.9 Å². The predicted molar refractivity (Wildman–Crippen MR) is 183 cm³/mol. The summed E-state index contributed by atoms with van der Waals surface area (Å²) in [5.41, 5.74) is 2.20. The van der Waals surface area contributed by atoms with E-state index in [1.807, 2.05) is 0 Å². The van der Waals surface area contributed by atoms with Crippen LogP contribution < -0.4 is 11.5 Å². The van der Waals surface area contributed by atoms with Crippen molar-refractivity contribution in [1.82, 2.24) is 19.6 Å². The second kappa shape index (κ2) is 17.2. The summed E-state index contributed by atoms with van der Waals surface area (Å²) in [5, 5.41) is 23.0. The van der Waals surface area contributed by atoms with E-state index in [0.717, 1.165) is 16.8 Å². The molecule has 4 aromatic rings. The fourth-order valence-electron chi connectivity index (χ4n) is 3.45. The molecule has 0 bridgehead atoms. The highest BCUT2D eigenvalue weighted by molar-refractivity contribution is 15.0. The molecule has 0 radical (unpaired) electrons. The maximum absolute atomic E-state index is 12.7. The Balaban J connectivity index is 0.000000470. The molecule has 0 fully saturated rings. The van der Waals surface area contributed by atoms with Gasteiger partial charge in [-0.1, -0.05) is 53.8 Å². The lowest BCUT2D eigenvalue weighted by molar-refractivity contribution is -0.138. The zero-order valence-electron chi connectivity index (χ0n) is 22.2. The maximum Gasteiger partial charge on any atom is 0.476 e. The molecule has 266 valence electrons. The van der Waals surface area contributed by atoms with Crippen molar-refractivity contribution in [1.29, 1.82) is 10.5 Å². The lowest BCUT2D eigenvalue weighted by atomic mass is 10.2. The molecule has 2 aromatic heterocycles. The average molecular weight is 1030 g/mol. The summed E-state index contributed by atoms with van der Waals surface area (Å²) in [6, 6.07) is 6.64. The summed E-state index contributed by atoms with van der Waals surface area (Å²) in [6.07, 6.45) is -9.36. The molecule has 0 spiro atoms. The number of nitriles is 2. The largest absolute Gasteiger partial charge is 0.476 e. The van der Waals surface area contributed by atoms with Gasteiger partial charge in [0.1, 0.15) is 40.0 Å². The number of hydrogen-bond donors (Lipinski definition) is 2. The predicted octanol–water partition coefficient (Wildman–Crippen LogP) is 10.3. The summed E-state index contributed by atoms with van der Waals surface area (Å²) in [6.45, 7) is 0. The molecule has 2 heterocycles. The zero-order chi connectivity index (χ0) is 37.1. The molecule has 1 atom stereocenters. The van der Waals surface area contributed by atoms with Gasteiger partial charge in [-0.15, -0.1) is 0 Å². The first-order chi connectivity index (χ1) is 22.0. The van der Waals surface area contributed by atoms with Gasteiger partial charge in [0.05, 0.1) is 31.2 Å². The average Bonchev–Trinajstić information content (AvgIpc) is 3.50. The normalized spacial score (nSPS) is 11.9. The van der Waals surface area contributed by atoms with E-state index in [9.17, 15) is 43.7 Å². The van der Waals surface area contributed by atoms with Crippen molar-refractivity contribution in [2.75, 3.05) is 11.5 Å². The minimum absolute atomic E-state index is 0. The second-order valence-electron chi connectivity index (χ2n) is 8.35. The van der Waals surface area contributed by atoms with Crippen LogP contribution in [-0.2, 0) is 23.2 Å². The van der Waals surface area contributed by atoms with Crippen molar-refractivity contribution >= 4 is 106 Å². The van der Waals surface area contributed by atoms with Crippen LogP contribution in [-0.4, -0.2) is 29.3 Å². The molecule has 0 saturated heterocycles. The third-order valence-electron chi connectivity index (χ3n) is 5.34. The van der Waals surface area contributed by atoms with Gasteiger partial charge in [0, 0.05) is 43.3 Å². The van der Waals surface area contributed by atoms with Crippen molar-refractivity contribution in [3.05, 3.63) is 72.9 Å². The van der Waals surface area contributed by atoms with Crippen molar-refractivity contribution in [3.63, 3.8) is 0 Å². The summed E-state index contributed by atoms with van der Waals surface area (Å²) in [7, 11) is -3.71. The number of aromatic nitrogens is 4. The Bertz CT molecular complexity index is 1910. The number of nitrogens with two attached hydrogens (primary N) is 2. The van der Waals surface area contributed by atoms with E-state index in [-0.39, 0.29) is 34.7 Å². The number of anilines is 2. The number of halogens is 15. The van der Waals surface area contributed by atoms with Crippen LogP contribution in [0.4, 0.5) is 51.1 Å². The van der Waals surface area contributed by atoms with Gasteiger partial charge < -0.3 is 11.5 Å². The van der Waals surface area contributed by atoms with E-state index in [2.05, 4.69) is 47.4 Å². The number of hydrogen-bond acceptors (Lipinski definition) is 7. The van der Waals surface area contributed by atoms with Gasteiger partial charge >= 0.3 is 17.9 Å². The molecule has 25 heteroatoms. The van der Waals surface area contributed by atoms with Crippen LogP contribution in [0, 0.1) is 22.7 Å². The smallest absolute Gasteiger partial charge is 0.384 e. The van der Waals surface area contributed by atoms with Gasteiger partial charge in [-0.2, -0.15) is 60.2 Å². The molecule has 4 rings (SSSR count). The van der Waals surface area contributed by atoms with Gasteiger partial charge in [-0.3, -0.25) is 0 Å². The molecule has 1 unspecified atom stereocenters. The van der Waals surface area contributed by atoms with E-state index in [0.29, 0.717) is 16.8 Å². The van der Waals surface area contributed by atoms with Gasteiger partial charge in [0.15, 0.2) is 22.2 Å². The van der Waals surface area contributed by atoms with E-state index < -0.39 is 71.9 Å². The summed E-state index contributed by atoms with van der Waals surface area (Å²) in [5.74, 6) is -0.870. The van der Waals surface area contributed by atoms with Gasteiger partial charge in [-0.05, 0) is 24.3 Å². The molecular weight excluding hydrogens is 1010 g/mol. The van der Waals surface area contributed by atoms with Crippen LogP contribution in [0.25, 0.3) is 11.4 Å². The molecule has 4 N–H and O–H groups in total. The monoisotopic (exact) mass is 1030 g/mol. The Kier molecular flexibility index (Phi) is 15.7. The van der Waals surface area contributed by atoms with Crippen LogP contribution in [0.2, 0.25) is 20.1 Å². The quantitative estimate of drug-likeness (QED) is 0.153. The topological polar surface area (TPSA) is 152 Å². The third-order valence-corrected chi connectivity index (χ3v) is 7.69. The first-order valence-electron chi connectivity index (χ1n) is 11.3. The Morgan fingerprint density at radius 1 is 0.714 bits per heavy atom. The molecule has 49 heavy (non-hydrogen) atoms. The molecular formula is C24H13Cl4F9I2N8OS. The lowest BCUT2D eigenvalue weighted by Crippen LogP contribution is -2.18. The molecule has 9 nitrogen and oxygen atoms in total. The minimum atomic E-state index is -5.25. The van der Waals surface area contributed by atoms with Gasteiger partial charge in [0.2, 0.25) is 0 Å². The van der Waals surface area contributed by atoms with Crippen LogP contribution in [0.3, 0.4) is 0 Å². The highest BCUT2D eigenvalue weighted by Crippen LogP contribution is 2.41. The van der Waals surface area contributed by atoms with Gasteiger partial charge in [-0.25, -0.2) is 13.6 Å². The van der Waals surface area contributed by atoms with Crippen molar-refractivity contribution in [3.8, 4) is 23.5 Å². The number of nitrogen functional groups attached to an aromatic ring is 2. The Morgan fingerprint density at radius 3 is 1.41 bits per heavy atom. The number of benzene rings is 2. The van der Waals surface area contributed by atoms with Crippen molar-refractivity contribution < 1.29 is 43.7 Å². The summed E-state index contributed by atoms with van der Waals surface area (Å²) < 4.78 is 127. The minimum Gasteiger partial charge on any atom is -0.384 e. The SMILES string of the molecule is C.II.N#Cc1cc(N)n(-c2c(Cl)cc(C(F)(F)F)cc2Cl)n1.N#Cc1nn(-c2c(Cl)cc(C(F)(F)F)cc2Cl)c(N)c1S(=O)C(F)(F)F. The van der Waals surface area contributed by atoms with Crippen molar-refractivity contribution in [2.45, 2.75) is 30.2 Å². The number of alkyl halides is 9. The van der Waals surface area contributed by atoms with E-state index in [1.165, 1.54) is 12.1 Å². The number of nitrogens with zero attached hydrogens (tertiary/aromatic N) is 6. The Morgan fingerprint density at radius 2 is 1.10 bits per heavy atom. The second-order valence-corrected chi connectivity index (χ2v) is 11.4. The zero-order valence-corrected chi connectivity index (χ0v) is 30.4. The van der Waals surface area contributed by atoms with Crippen LogP contribution in [0.5, 0.6) is 0 Å². The molecule has 0 amide bonds.